The van der Waals surface area contributed by atoms with Crippen molar-refractivity contribution in [3.05, 3.63) is 156 Å². The van der Waals surface area contributed by atoms with Crippen molar-refractivity contribution in [2.75, 3.05) is 10.6 Å². The number of thiazole rings is 2. The molecule has 73 heavy (non-hydrogen) atoms. The number of benzene rings is 6. The average Bonchev–Trinajstić information content (AvgIpc) is 3.94. The predicted molar refractivity (Wildman–Crippen MR) is 283 cm³/mol. The summed E-state index contributed by atoms with van der Waals surface area (Å²) in [6.45, 7) is 8.51. The normalized spacial score (nSPS) is 11.3. The lowest BCUT2D eigenvalue weighted by atomic mass is 10.0. The van der Waals surface area contributed by atoms with Crippen LogP contribution in [0.1, 0.15) is 66.6 Å². The number of thiocarbonyl (C=S) groups is 2. The molecule has 8 rings (SSSR count). The van der Waals surface area contributed by atoms with E-state index in [1.165, 1.54) is 64.6 Å². The minimum Gasteiger partial charge on any atom is -0.431 e. The lowest BCUT2D eigenvalue weighted by molar-refractivity contribution is -0.275. The second kappa shape index (κ2) is 25.3. The molecule has 0 atom stereocenters. The third-order valence-electron chi connectivity index (χ3n) is 9.62. The summed E-state index contributed by atoms with van der Waals surface area (Å²) >= 11 is 12.8. The Kier molecular flexibility index (Phi) is 19.0. The molecule has 13 nitrogen and oxygen atoms in total. The van der Waals surface area contributed by atoms with E-state index in [4.69, 9.17) is 39.8 Å². The third-order valence-corrected chi connectivity index (χ3v) is 11.8. The molecule has 0 aliphatic carbocycles. The van der Waals surface area contributed by atoms with Gasteiger partial charge in [0.05, 0.1) is 26.6 Å². The largest absolute Gasteiger partial charge is 0.573 e. The van der Waals surface area contributed by atoms with Crippen LogP contribution >= 0.6 is 47.1 Å². The Morgan fingerprint density at radius 2 is 1.01 bits per heavy atom. The van der Waals surface area contributed by atoms with Crippen molar-refractivity contribution in [2.24, 2.45) is 10.9 Å². The van der Waals surface area contributed by atoms with Gasteiger partial charge in [0.15, 0.2) is 10.2 Å². The summed E-state index contributed by atoms with van der Waals surface area (Å²) < 4.78 is 93.6. The van der Waals surface area contributed by atoms with Crippen LogP contribution in [0.4, 0.5) is 37.7 Å². The highest BCUT2D eigenvalue weighted by Gasteiger charge is 2.32. The van der Waals surface area contributed by atoms with E-state index in [9.17, 15) is 31.1 Å². The number of nitrogens with zero attached hydrogens (tertiary/aromatic N) is 3. The van der Waals surface area contributed by atoms with Gasteiger partial charge >= 0.3 is 12.7 Å². The molecule has 0 aliphatic rings. The second-order valence-corrected chi connectivity index (χ2v) is 18.5. The molecule has 0 bridgehead atoms. The van der Waals surface area contributed by atoms with Gasteiger partial charge < -0.3 is 35.0 Å². The molecular weight excluding hydrogens is 1030 g/mol. The minimum absolute atomic E-state index is 0.324. The predicted octanol–water partition coefficient (Wildman–Crippen LogP) is 14.2. The molecule has 0 saturated carbocycles. The molecule has 0 amide bonds. The number of carbonyl (C=O) groups is 1. The number of aromatic nitrogens is 2. The Labute approximate surface area is 433 Å². The topological polar surface area (TPSA) is 166 Å². The third kappa shape index (κ3) is 17.4. The fourth-order valence-corrected chi connectivity index (χ4v) is 8.44. The summed E-state index contributed by atoms with van der Waals surface area (Å²) in [6, 6.07) is 36.7. The number of hydrazone groups is 1. The monoisotopic (exact) mass is 1080 g/mol. The van der Waals surface area contributed by atoms with E-state index in [0.29, 0.717) is 55.0 Å². The van der Waals surface area contributed by atoms with E-state index < -0.39 is 12.7 Å². The van der Waals surface area contributed by atoms with Crippen molar-refractivity contribution in [3.8, 4) is 33.4 Å². The molecule has 8 aromatic rings. The molecule has 2 heterocycles. The summed E-state index contributed by atoms with van der Waals surface area (Å²) in [5, 5.41) is 11.9. The zero-order chi connectivity index (χ0) is 52.7. The zero-order valence-corrected chi connectivity index (χ0v) is 42.1. The number of para-hydroxylation sites is 2. The highest BCUT2D eigenvalue weighted by atomic mass is 32.1. The zero-order valence-electron chi connectivity index (χ0n) is 38.9. The Hall–Kier alpha value is -7.44. The first-order chi connectivity index (χ1) is 34.7. The number of hydrogen-bond acceptors (Lipinski definition) is 13. The van der Waals surface area contributed by atoms with E-state index in [0.717, 1.165) is 55.8 Å². The van der Waals surface area contributed by atoms with Crippen LogP contribution in [0.25, 0.3) is 20.4 Å². The van der Waals surface area contributed by atoms with Crippen LogP contribution in [0.3, 0.4) is 0 Å². The molecule has 0 fully saturated rings. The summed E-state index contributed by atoms with van der Waals surface area (Å²) in [7, 11) is 0. The lowest BCUT2D eigenvalue weighted by Crippen LogP contribution is -2.34. The molecule has 0 spiro atoms. The molecule has 23 heteroatoms. The van der Waals surface area contributed by atoms with Crippen molar-refractivity contribution in [1.82, 2.24) is 20.8 Å². The molecule has 380 valence electrons. The van der Waals surface area contributed by atoms with Crippen LogP contribution in [-0.4, -0.2) is 45.4 Å². The first kappa shape index (κ1) is 54.9. The highest BCUT2D eigenvalue weighted by Crippen LogP contribution is 2.35. The minimum atomic E-state index is -4.74. The molecule has 6 N–H and O–H groups in total. The maximum Gasteiger partial charge on any atom is 0.573 e. The summed E-state index contributed by atoms with van der Waals surface area (Å²) in [5.41, 5.74) is 12.3. The van der Waals surface area contributed by atoms with E-state index in [1.54, 1.807) is 24.4 Å². The van der Waals surface area contributed by atoms with Crippen molar-refractivity contribution in [1.29, 1.82) is 0 Å². The Bertz CT molecular complexity index is 3170. The fourth-order valence-electron chi connectivity index (χ4n) is 6.40. The molecule has 6 aromatic carbocycles. The number of carbonyl (C=O) groups excluding carboxylic acids is 1. The van der Waals surface area contributed by atoms with Gasteiger partial charge in [-0.05, 0) is 144 Å². The van der Waals surface area contributed by atoms with Crippen molar-refractivity contribution < 1.29 is 50.1 Å². The smallest absolute Gasteiger partial charge is 0.431 e. The number of nitrogens with two attached hydrogens (primary N) is 1. The van der Waals surface area contributed by atoms with E-state index in [-0.39, 0.29) is 11.5 Å². The van der Waals surface area contributed by atoms with Gasteiger partial charge in [-0.1, -0.05) is 92.8 Å². The highest BCUT2D eigenvalue weighted by molar-refractivity contribution is 7.80. The number of hydrogen-bond donors (Lipinski definition) is 5. The molecule has 0 saturated heterocycles. The van der Waals surface area contributed by atoms with Crippen molar-refractivity contribution >= 4 is 102 Å². The van der Waals surface area contributed by atoms with Crippen LogP contribution in [0, 0.1) is 0 Å². The van der Waals surface area contributed by atoms with Crippen LogP contribution < -0.4 is 46.3 Å². The molecular formula is C50H44F6N8O5S4. The Balaban J connectivity index is 0.000000200. The van der Waals surface area contributed by atoms with Gasteiger partial charge in [0.1, 0.15) is 29.3 Å². The van der Waals surface area contributed by atoms with Crippen LogP contribution in [0.15, 0.2) is 139 Å². The van der Waals surface area contributed by atoms with Crippen LogP contribution in [-0.2, 0) is 0 Å². The number of ether oxygens (including phenoxy) is 4. The number of anilines is 2. The SMILES string of the molecule is CC(C)c1ccccc1NC(=S)N/N=C/c1ccc2nc(Oc3ccc(OC(F)(F)F)cc3)sc2c1.CC(C)c1ccccc1NC(=S)NN.O=Cc1ccc2nc(Oc3ccc(OC(F)(F)F)cc3)sc2c1. The first-order valence-corrected chi connectivity index (χ1v) is 24.1. The van der Waals surface area contributed by atoms with Gasteiger partial charge in [-0.25, -0.2) is 15.8 Å². The molecule has 0 aliphatic heterocycles. The van der Waals surface area contributed by atoms with Crippen molar-refractivity contribution in [3.63, 3.8) is 0 Å². The van der Waals surface area contributed by atoms with Gasteiger partial charge in [-0.15, -0.1) is 26.3 Å². The van der Waals surface area contributed by atoms with Crippen molar-refractivity contribution in [2.45, 2.75) is 52.3 Å². The first-order valence-electron chi connectivity index (χ1n) is 21.6. The summed E-state index contributed by atoms with van der Waals surface area (Å²) in [4.78, 5) is 19.4. The summed E-state index contributed by atoms with van der Waals surface area (Å²) in [6.07, 6.45) is -7.10. The van der Waals surface area contributed by atoms with Gasteiger partial charge in [0.2, 0.25) is 0 Å². The molecule has 2 aromatic heterocycles. The lowest BCUT2D eigenvalue weighted by Gasteiger charge is -2.14. The maximum absolute atomic E-state index is 12.3. The number of halogens is 6. The van der Waals surface area contributed by atoms with Gasteiger partial charge in [-0.2, -0.15) is 5.10 Å². The number of aldehydes is 1. The number of nitrogens with one attached hydrogen (secondary N) is 4. The van der Waals surface area contributed by atoms with Crippen LogP contribution in [0.5, 0.6) is 33.4 Å². The number of rotatable bonds is 13. The van der Waals surface area contributed by atoms with Gasteiger partial charge in [0.25, 0.3) is 10.4 Å². The number of hydrazine groups is 1. The van der Waals surface area contributed by atoms with E-state index in [1.807, 2.05) is 54.6 Å². The molecule has 0 radical (unpaired) electrons. The number of alkyl halides is 6. The van der Waals surface area contributed by atoms with Gasteiger partial charge in [0, 0.05) is 16.9 Å². The average molecular weight is 1080 g/mol. The number of fused-ring (bicyclic) bond motifs is 2. The quantitative estimate of drug-likeness (QED) is 0.0185. The Morgan fingerprint density at radius 3 is 1.44 bits per heavy atom. The standard InChI is InChI=1S/C25H21F3N4O2S2.C15H8F3NO3S.C10H15N3S/c1-15(2)19-5-3-4-6-20(19)30-23(35)32-29-14-16-7-12-21-22(13-16)36-24(31-21)33-17-8-10-18(11-9-17)34-25(26,27)28;16-15(17,18)22-11-4-2-10(3-5-11)21-14-19-12-6-1-9(8-20)7-13(12)23-14;1-7(2)8-5-3-4-6-9(8)12-10(14)13-11/h3-15H,1-2H3,(H2,30,32,35);1-8H;3-7H,11H2,1-2H3,(H2,12,13,14)/b29-14+;;. The van der Waals surface area contributed by atoms with E-state index in [2.05, 4.69) is 85.9 Å². The van der Waals surface area contributed by atoms with Crippen LogP contribution in [0.2, 0.25) is 0 Å². The van der Waals surface area contributed by atoms with Gasteiger partial charge in [-0.3, -0.25) is 10.2 Å². The van der Waals surface area contributed by atoms with E-state index >= 15 is 0 Å². The maximum atomic E-state index is 12.3. The fraction of sp³-hybridized carbons (Fsp3) is 0.160. The summed E-state index contributed by atoms with van der Waals surface area (Å²) in [5.74, 6) is 6.02. The Morgan fingerprint density at radius 1 is 0.603 bits per heavy atom. The molecule has 0 unspecified atom stereocenters. The second-order valence-electron chi connectivity index (χ2n) is 15.7.